The number of alkyl halides is 3. The molecule has 33 heavy (non-hydrogen) atoms. The lowest BCUT2D eigenvalue weighted by molar-refractivity contribution is -0.112. The number of nitrogens with zero attached hydrogens (tertiary/aromatic N) is 4. The van der Waals surface area contributed by atoms with Crippen molar-refractivity contribution in [2.75, 3.05) is 5.32 Å². The van der Waals surface area contributed by atoms with Gasteiger partial charge in [0.1, 0.15) is 5.75 Å². The summed E-state index contributed by atoms with van der Waals surface area (Å²) < 4.78 is 30.9. The normalized spacial score (nSPS) is 22.2. The van der Waals surface area contributed by atoms with Gasteiger partial charge in [-0.1, -0.05) is 27.1 Å². The van der Waals surface area contributed by atoms with Crippen molar-refractivity contribution in [3.63, 3.8) is 0 Å². The Morgan fingerprint density at radius 3 is 2.70 bits per heavy atom. The molecule has 0 spiro atoms. The van der Waals surface area contributed by atoms with Gasteiger partial charge in [-0.25, -0.2) is 0 Å². The van der Waals surface area contributed by atoms with Gasteiger partial charge in [0.05, 0.1) is 11.7 Å². The number of nitrogens with one attached hydrogen (secondary N) is 1. The van der Waals surface area contributed by atoms with Crippen molar-refractivity contribution in [1.82, 2.24) is 4.90 Å². The van der Waals surface area contributed by atoms with Crippen LogP contribution < -0.4 is 10.1 Å². The monoisotopic (exact) mass is 539 g/mol. The summed E-state index contributed by atoms with van der Waals surface area (Å²) in [4.78, 5) is 18.5. The highest BCUT2D eigenvalue weighted by Gasteiger charge is 2.46. The molecule has 0 aromatic heterocycles. The number of ether oxygens (including phenoxy) is 1. The van der Waals surface area contributed by atoms with Gasteiger partial charge >= 0.3 is 5.57 Å². The van der Waals surface area contributed by atoms with Crippen molar-refractivity contribution in [2.24, 2.45) is 5.11 Å². The Labute approximate surface area is 202 Å². The molecule has 1 heterocycles. The van der Waals surface area contributed by atoms with E-state index in [0.29, 0.717) is 30.5 Å². The molecule has 1 aliphatic heterocycles. The Morgan fingerprint density at radius 1 is 1.39 bits per heavy atom. The summed E-state index contributed by atoms with van der Waals surface area (Å²) >= 11 is 8.48. The summed E-state index contributed by atoms with van der Waals surface area (Å²) in [5.74, 6) is -0.423. The average Bonchev–Trinajstić information content (AvgIpc) is 3.26. The maximum Gasteiger partial charge on any atom is 0.487 e. The Morgan fingerprint density at radius 2 is 2.09 bits per heavy atom. The van der Waals surface area contributed by atoms with Crippen LogP contribution in [0.5, 0.6) is 5.75 Å². The Bertz CT molecular complexity index is 1120. The number of carbonyl (C=O) groups is 1. The van der Waals surface area contributed by atoms with Gasteiger partial charge in [-0.2, -0.15) is 0 Å². The predicted octanol–water partition coefficient (Wildman–Crippen LogP) is 6.59. The molecule has 1 N–H and O–H groups in total. The number of halogens is 4. The van der Waals surface area contributed by atoms with Crippen LogP contribution in [-0.2, 0) is 4.79 Å². The maximum atomic E-state index is 13.3. The molecular weight excluding hydrogens is 520 g/mol. The number of hydrogen-bond donors (Lipinski definition) is 1. The highest BCUT2D eigenvalue weighted by Crippen LogP contribution is 2.51. The van der Waals surface area contributed by atoms with Gasteiger partial charge in [-0.05, 0) is 62.1 Å². The molecule has 2 aliphatic carbocycles. The minimum Gasteiger partial charge on any atom is -0.420 e. The number of rotatable bonds is 6. The van der Waals surface area contributed by atoms with Crippen molar-refractivity contribution in [2.45, 2.75) is 56.8 Å². The lowest BCUT2D eigenvalue weighted by atomic mass is 9.92. The van der Waals surface area contributed by atoms with Gasteiger partial charge in [0, 0.05) is 56.3 Å². The van der Waals surface area contributed by atoms with Crippen molar-refractivity contribution < 1.29 is 18.3 Å². The largest absolute Gasteiger partial charge is 0.487 e. The van der Waals surface area contributed by atoms with Crippen LogP contribution in [0.1, 0.15) is 33.1 Å². The van der Waals surface area contributed by atoms with E-state index in [1.807, 2.05) is 6.08 Å². The number of azide groups is 1. The van der Waals surface area contributed by atoms with Crippen LogP contribution in [0.25, 0.3) is 10.4 Å². The number of fused-ring (bicyclic) bond motifs is 2. The fraction of sp³-hybridized carbons (Fsp3) is 0.409. The van der Waals surface area contributed by atoms with E-state index in [-0.39, 0.29) is 29.8 Å². The molecule has 0 bridgehead atoms. The molecule has 4 rings (SSSR count). The molecule has 0 radical (unpaired) electrons. The summed E-state index contributed by atoms with van der Waals surface area (Å²) in [5, 5.41) is 6.76. The molecule has 7 nitrogen and oxygen atoms in total. The van der Waals surface area contributed by atoms with Gasteiger partial charge in [-0.3, -0.25) is 4.79 Å². The second-order valence-corrected chi connectivity index (χ2v) is 9.71. The standard InChI is InChI=1S/C22H21BrClF2N5O2/c1-11(2)31-18-10-13(29-30-27)9-16(18)19-15(7-8-17(23)20(19)31)21(32)28-12-3-5-14(6-4-12)33-22(24,25)26/h3-7,11,13,18H,8-10H2,1-2H3,(H,28,32). The zero-order chi connectivity index (χ0) is 23.9. The Balaban J connectivity index is 1.62. The zero-order valence-electron chi connectivity index (χ0n) is 17.9. The molecule has 1 amide bonds. The predicted molar refractivity (Wildman–Crippen MR) is 125 cm³/mol. The van der Waals surface area contributed by atoms with Gasteiger partial charge in [-0.15, -0.1) is 8.78 Å². The number of amides is 1. The Kier molecular flexibility index (Phi) is 6.44. The van der Waals surface area contributed by atoms with Crippen LogP contribution in [0.2, 0.25) is 0 Å². The second kappa shape index (κ2) is 9.00. The van der Waals surface area contributed by atoms with Crippen molar-refractivity contribution in [3.8, 4) is 5.75 Å². The average molecular weight is 541 g/mol. The number of carbonyl (C=O) groups excluding carboxylic acids is 1. The summed E-state index contributed by atoms with van der Waals surface area (Å²) in [5.41, 5.74) is 9.05. The van der Waals surface area contributed by atoms with Crippen LogP contribution in [0, 0.1) is 0 Å². The smallest absolute Gasteiger partial charge is 0.420 e. The quantitative estimate of drug-likeness (QED) is 0.191. The lowest BCUT2D eigenvalue weighted by Crippen LogP contribution is -2.36. The molecule has 1 saturated carbocycles. The third-order valence-electron chi connectivity index (χ3n) is 5.88. The third-order valence-corrected chi connectivity index (χ3v) is 6.65. The first-order valence-corrected chi connectivity index (χ1v) is 11.6. The minimum absolute atomic E-state index is 0.0704. The third kappa shape index (κ3) is 4.74. The van der Waals surface area contributed by atoms with E-state index in [0.717, 1.165) is 21.3 Å². The molecule has 0 saturated heterocycles. The van der Waals surface area contributed by atoms with Gasteiger partial charge in [0.25, 0.3) is 5.91 Å². The van der Waals surface area contributed by atoms with E-state index in [2.05, 4.69) is 54.8 Å². The van der Waals surface area contributed by atoms with E-state index in [1.54, 1.807) is 0 Å². The zero-order valence-corrected chi connectivity index (χ0v) is 20.2. The van der Waals surface area contributed by atoms with Crippen molar-refractivity contribution in [3.05, 3.63) is 67.7 Å². The first-order valence-electron chi connectivity index (χ1n) is 10.4. The summed E-state index contributed by atoms with van der Waals surface area (Å²) in [6.45, 7) is 4.20. The van der Waals surface area contributed by atoms with Crippen LogP contribution in [0.3, 0.4) is 0 Å². The van der Waals surface area contributed by atoms with Crippen LogP contribution in [0.4, 0.5) is 14.5 Å². The van der Waals surface area contributed by atoms with Crippen LogP contribution in [0.15, 0.2) is 62.4 Å². The van der Waals surface area contributed by atoms with E-state index in [1.165, 1.54) is 24.3 Å². The lowest BCUT2D eigenvalue weighted by Gasteiger charge is -2.34. The molecule has 174 valence electrons. The minimum atomic E-state index is -3.81. The number of benzene rings is 1. The first-order chi connectivity index (χ1) is 15.6. The fourth-order valence-corrected chi connectivity index (χ4v) is 5.40. The molecule has 2 unspecified atom stereocenters. The SMILES string of the molecule is CC(C)N1C2=C(Br)CC=C(C(=O)Nc3ccc(OC(F)(F)Cl)cc3)C2=C2CC(N=[N+]=[N-])CC21. The van der Waals surface area contributed by atoms with E-state index in [9.17, 15) is 13.6 Å². The molecular formula is C22H21BrClF2N5O2. The molecule has 1 fully saturated rings. The van der Waals surface area contributed by atoms with Gasteiger partial charge < -0.3 is 15.0 Å². The van der Waals surface area contributed by atoms with Crippen LogP contribution in [-0.4, -0.2) is 34.5 Å². The molecule has 2 atom stereocenters. The number of anilines is 1. The van der Waals surface area contributed by atoms with Crippen molar-refractivity contribution >= 4 is 39.1 Å². The van der Waals surface area contributed by atoms with Gasteiger partial charge in [0.15, 0.2) is 0 Å². The molecule has 1 aromatic rings. The summed E-state index contributed by atoms with van der Waals surface area (Å²) in [6.07, 6.45) is 3.74. The summed E-state index contributed by atoms with van der Waals surface area (Å²) in [7, 11) is 0. The number of hydrogen-bond acceptors (Lipinski definition) is 4. The number of allylic oxidation sites excluding steroid dienone is 3. The first kappa shape index (κ1) is 23.6. The molecule has 1 aromatic carbocycles. The second-order valence-electron chi connectivity index (χ2n) is 8.32. The molecule has 11 heteroatoms. The fourth-order valence-electron chi connectivity index (χ4n) is 4.75. The topological polar surface area (TPSA) is 90.3 Å². The maximum absolute atomic E-state index is 13.3. The molecule has 3 aliphatic rings. The summed E-state index contributed by atoms with van der Waals surface area (Å²) in [6, 6.07) is 5.65. The van der Waals surface area contributed by atoms with Gasteiger partial charge in [0.2, 0.25) is 0 Å². The van der Waals surface area contributed by atoms with Crippen LogP contribution >= 0.6 is 27.5 Å². The highest BCUT2D eigenvalue weighted by atomic mass is 79.9. The van der Waals surface area contributed by atoms with E-state index >= 15 is 0 Å². The van der Waals surface area contributed by atoms with E-state index < -0.39 is 5.57 Å². The Hall–Kier alpha value is -2.55. The van der Waals surface area contributed by atoms with E-state index in [4.69, 9.17) is 17.1 Å². The van der Waals surface area contributed by atoms with Crippen molar-refractivity contribution in [1.29, 1.82) is 0 Å². The highest BCUT2D eigenvalue weighted by molar-refractivity contribution is 9.11.